The second kappa shape index (κ2) is 7.87. The summed E-state index contributed by atoms with van der Waals surface area (Å²) in [5.41, 5.74) is 0.0700. The Morgan fingerprint density at radius 2 is 1.96 bits per heavy atom. The number of carbonyl (C=O) groups excluding carboxylic acids is 2. The third-order valence-electron chi connectivity index (χ3n) is 4.53. The zero-order valence-electron chi connectivity index (χ0n) is 13.8. The van der Waals surface area contributed by atoms with Gasteiger partial charge in [-0.3, -0.25) is 19.7 Å². The molecule has 8 nitrogen and oxygen atoms in total. The maximum absolute atomic E-state index is 12.4. The first kappa shape index (κ1) is 17.9. The normalized spacial score (nSPS) is 21.6. The van der Waals surface area contributed by atoms with Crippen molar-refractivity contribution in [1.29, 1.82) is 0 Å². The molecule has 0 bridgehead atoms. The van der Waals surface area contributed by atoms with Crippen LogP contribution in [0.3, 0.4) is 0 Å². The van der Waals surface area contributed by atoms with Crippen molar-refractivity contribution in [3.05, 3.63) is 34.4 Å². The topological polar surface area (TPSA) is 103 Å². The quantitative estimate of drug-likeness (QED) is 0.460. The zero-order chi connectivity index (χ0) is 17.7. The highest BCUT2D eigenvalue weighted by molar-refractivity contribution is 5.95. The average molecular weight is 336 g/mol. The number of methoxy groups -OCH3 is 1. The molecule has 0 spiro atoms. The number of hydrogen-bond acceptors (Lipinski definition) is 5. The molecule has 0 radical (unpaired) electrons. The highest BCUT2D eigenvalue weighted by Gasteiger charge is 2.33. The van der Waals surface area contributed by atoms with E-state index in [9.17, 15) is 19.7 Å². The van der Waals surface area contributed by atoms with Crippen LogP contribution in [0.2, 0.25) is 0 Å². The van der Waals surface area contributed by atoms with E-state index in [-0.39, 0.29) is 35.2 Å². The summed E-state index contributed by atoms with van der Waals surface area (Å²) >= 11 is 0. The van der Waals surface area contributed by atoms with Crippen LogP contribution >= 0.6 is 0 Å². The molecule has 1 heterocycles. The van der Waals surface area contributed by atoms with Gasteiger partial charge < -0.3 is 15.0 Å². The number of nitrogens with one attached hydrogen (secondary N) is 2. The number of hydrogen-bond donors (Lipinski definition) is 2. The number of piperidine rings is 1. The Balaban J connectivity index is 1.96. The number of amides is 1. The minimum Gasteiger partial charge on any atom is -0.469 e. The molecule has 0 aliphatic carbocycles. The molecule has 1 aliphatic rings. The summed E-state index contributed by atoms with van der Waals surface area (Å²) in [6, 6.07) is 5.71. The Kier molecular flexibility index (Phi) is 5.86. The number of nitro benzene ring substituents is 1. The van der Waals surface area contributed by atoms with Gasteiger partial charge in [0.2, 0.25) is 0 Å². The van der Waals surface area contributed by atoms with Crippen molar-refractivity contribution in [1.82, 2.24) is 0 Å². The SMILES string of the molecule is COC(=O)C1CC[NH+]([C@@H](C)C(=O)Nc2ccccc2[N+](=O)[O-])CC1. The summed E-state index contributed by atoms with van der Waals surface area (Å²) in [7, 11) is 1.38. The fourth-order valence-corrected chi connectivity index (χ4v) is 2.99. The van der Waals surface area contributed by atoms with E-state index in [1.807, 2.05) is 0 Å². The number of likely N-dealkylation sites (tertiary alicyclic amines) is 1. The van der Waals surface area contributed by atoms with Crippen molar-refractivity contribution in [2.24, 2.45) is 5.92 Å². The monoisotopic (exact) mass is 336 g/mol. The molecular weight excluding hydrogens is 314 g/mol. The predicted octanol–water partition coefficient (Wildman–Crippen LogP) is 0.390. The molecule has 2 N–H and O–H groups in total. The maximum atomic E-state index is 12.4. The zero-order valence-corrected chi connectivity index (χ0v) is 13.8. The van der Waals surface area contributed by atoms with E-state index in [0.717, 1.165) is 4.90 Å². The van der Waals surface area contributed by atoms with Gasteiger partial charge in [0.05, 0.1) is 31.0 Å². The Morgan fingerprint density at radius 3 is 2.54 bits per heavy atom. The predicted molar refractivity (Wildman–Crippen MR) is 86.6 cm³/mol. The van der Waals surface area contributed by atoms with Crippen LogP contribution in [0, 0.1) is 16.0 Å². The lowest BCUT2D eigenvalue weighted by Crippen LogP contribution is -3.17. The molecule has 8 heteroatoms. The first-order valence-corrected chi connectivity index (χ1v) is 7.90. The van der Waals surface area contributed by atoms with Crippen molar-refractivity contribution in [3.8, 4) is 0 Å². The molecule has 1 fully saturated rings. The maximum Gasteiger partial charge on any atom is 0.309 e. The largest absolute Gasteiger partial charge is 0.469 e. The molecule has 1 aromatic rings. The smallest absolute Gasteiger partial charge is 0.309 e. The van der Waals surface area contributed by atoms with Gasteiger partial charge >= 0.3 is 5.97 Å². The number of anilines is 1. The van der Waals surface area contributed by atoms with Gasteiger partial charge in [-0.25, -0.2) is 0 Å². The van der Waals surface area contributed by atoms with Crippen LogP contribution in [0.5, 0.6) is 0 Å². The van der Waals surface area contributed by atoms with E-state index in [0.29, 0.717) is 25.9 Å². The molecule has 1 saturated heterocycles. The molecule has 1 aliphatic heterocycles. The fraction of sp³-hybridized carbons (Fsp3) is 0.500. The van der Waals surface area contributed by atoms with Gasteiger partial charge in [0.1, 0.15) is 5.69 Å². The summed E-state index contributed by atoms with van der Waals surface area (Å²) in [5.74, 6) is -0.578. The van der Waals surface area contributed by atoms with E-state index in [4.69, 9.17) is 4.74 Å². The van der Waals surface area contributed by atoms with Gasteiger partial charge in [-0.2, -0.15) is 0 Å². The number of benzene rings is 1. The first-order valence-electron chi connectivity index (χ1n) is 7.90. The Hall–Kier alpha value is -2.48. The number of carbonyl (C=O) groups is 2. The minimum absolute atomic E-state index is 0.107. The van der Waals surface area contributed by atoms with Crippen LogP contribution in [0.15, 0.2) is 24.3 Å². The number of nitrogens with zero attached hydrogens (tertiary/aromatic N) is 1. The third kappa shape index (κ3) is 4.08. The van der Waals surface area contributed by atoms with E-state index in [1.165, 1.54) is 19.2 Å². The molecular formula is C16H22N3O5+. The second-order valence-electron chi connectivity index (χ2n) is 5.94. The standard InChI is InChI=1S/C16H21N3O5/c1-11(18-9-7-12(8-10-18)16(21)24-2)15(20)17-13-5-3-4-6-14(13)19(22)23/h3-6,11-12H,7-10H2,1-2H3,(H,17,20)/p+1/t11-/m0/s1. The van der Waals surface area contributed by atoms with Gasteiger partial charge in [-0.05, 0) is 13.0 Å². The Morgan fingerprint density at radius 1 is 1.33 bits per heavy atom. The lowest BCUT2D eigenvalue weighted by atomic mass is 9.96. The van der Waals surface area contributed by atoms with Gasteiger partial charge in [0.25, 0.3) is 11.6 Å². The average Bonchev–Trinajstić information content (AvgIpc) is 2.60. The Bertz CT molecular complexity index is 626. The van der Waals surface area contributed by atoms with Crippen LogP contribution in [0.4, 0.5) is 11.4 Å². The molecule has 1 aromatic carbocycles. The summed E-state index contributed by atoms with van der Waals surface area (Å²) < 4.78 is 4.76. The first-order chi connectivity index (χ1) is 11.4. The molecule has 0 saturated carbocycles. The van der Waals surface area contributed by atoms with Gasteiger partial charge in [0, 0.05) is 18.9 Å². The number of nitro groups is 1. The number of esters is 1. The number of rotatable bonds is 5. The number of quaternary nitrogens is 1. The highest BCUT2D eigenvalue weighted by atomic mass is 16.6. The van der Waals surface area contributed by atoms with E-state index < -0.39 is 4.92 Å². The van der Waals surface area contributed by atoms with Crippen molar-refractivity contribution in [2.75, 3.05) is 25.5 Å². The van der Waals surface area contributed by atoms with Crippen LogP contribution in [0.25, 0.3) is 0 Å². The van der Waals surface area contributed by atoms with Crippen molar-refractivity contribution < 1.29 is 24.1 Å². The molecule has 1 amide bonds. The lowest BCUT2D eigenvalue weighted by molar-refractivity contribution is -0.919. The van der Waals surface area contributed by atoms with Crippen LogP contribution in [0.1, 0.15) is 19.8 Å². The van der Waals surface area contributed by atoms with E-state index >= 15 is 0 Å². The minimum atomic E-state index is -0.519. The van der Waals surface area contributed by atoms with E-state index in [1.54, 1.807) is 19.1 Å². The van der Waals surface area contributed by atoms with Crippen LogP contribution in [-0.4, -0.2) is 43.0 Å². The van der Waals surface area contributed by atoms with Crippen molar-refractivity contribution in [2.45, 2.75) is 25.8 Å². The van der Waals surface area contributed by atoms with Gasteiger partial charge in [0.15, 0.2) is 6.04 Å². The van der Waals surface area contributed by atoms with Gasteiger partial charge in [-0.1, -0.05) is 12.1 Å². The molecule has 130 valence electrons. The lowest BCUT2D eigenvalue weighted by Gasteiger charge is -2.31. The van der Waals surface area contributed by atoms with Crippen molar-refractivity contribution >= 4 is 23.3 Å². The molecule has 1 atom stereocenters. The fourth-order valence-electron chi connectivity index (χ4n) is 2.99. The molecule has 0 aromatic heterocycles. The molecule has 0 unspecified atom stereocenters. The summed E-state index contributed by atoms with van der Waals surface area (Å²) in [6.45, 7) is 3.16. The van der Waals surface area contributed by atoms with Gasteiger partial charge in [-0.15, -0.1) is 0 Å². The number of para-hydroxylation sites is 2. The number of ether oxygens (including phenoxy) is 1. The summed E-state index contributed by atoms with van der Waals surface area (Å²) in [6.07, 6.45) is 1.34. The molecule has 2 rings (SSSR count). The summed E-state index contributed by atoms with van der Waals surface area (Å²) in [4.78, 5) is 35.5. The van der Waals surface area contributed by atoms with Crippen molar-refractivity contribution in [3.63, 3.8) is 0 Å². The van der Waals surface area contributed by atoms with Crippen LogP contribution < -0.4 is 10.2 Å². The highest BCUT2D eigenvalue weighted by Crippen LogP contribution is 2.23. The van der Waals surface area contributed by atoms with E-state index in [2.05, 4.69) is 5.32 Å². The third-order valence-corrected chi connectivity index (χ3v) is 4.53. The Labute approximate surface area is 139 Å². The summed E-state index contributed by atoms with van der Waals surface area (Å²) in [5, 5.41) is 13.6. The second-order valence-corrected chi connectivity index (χ2v) is 5.94. The molecule has 24 heavy (non-hydrogen) atoms. The van der Waals surface area contributed by atoms with Crippen LogP contribution in [-0.2, 0) is 14.3 Å².